The maximum atomic E-state index is 6.50. The monoisotopic (exact) mass is 718 g/mol. The molecule has 7 aromatic carbocycles. The van der Waals surface area contributed by atoms with Crippen LogP contribution in [0, 0.1) is 0 Å². The number of fused-ring (bicyclic) bond motifs is 7. The van der Waals surface area contributed by atoms with Gasteiger partial charge in [-0.1, -0.05) is 153 Å². The molecular formula is C51H34N4O. The number of para-hydroxylation sites is 1. The quantitative estimate of drug-likeness (QED) is 0.177. The molecule has 56 heavy (non-hydrogen) atoms. The van der Waals surface area contributed by atoms with Gasteiger partial charge >= 0.3 is 0 Å². The van der Waals surface area contributed by atoms with Gasteiger partial charge in [0.15, 0.2) is 17.5 Å². The van der Waals surface area contributed by atoms with Crippen molar-refractivity contribution in [1.29, 1.82) is 0 Å². The Kier molecular flexibility index (Phi) is 7.13. The van der Waals surface area contributed by atoms with Crippen molar-refractivity contribution >= 4 is 32.8 Å². The van der Waals surface area contributed by atoms with E-state index in [9.17, 15) is 0 Å². The predicted octanol–water partition coefficient (Wildman–Crippen LogP) is 13.0. The minimum absolute atomic E-state index is 0.233. The van der Waals surface area contributed by atoms with Crippen molar-refractivity contribution < 1.29 is 4.42 Å². The molecule has 0 bridgehead atoms. The lowest BCUT2D eigenvalue weighted by Gasteiger charge is -2.24. The van der Waals surface area contributed by atoms with E-state index in [0.29, 0.717) is 17.5 Å². The number of pyridine rings is 1. The number of hydrogen-bond acceptors (Lipinski definition) is 5. The summed E-state index contributed by atoms with van der Waals surface area (Å²) in [5, 5.41) is 3.12. The highest BCUT2D eigenvalue weighted by molar-refractivity contribution is 6.13. The summed E-state index contributed by atoms with van der Waals surface area (Å²) in [5.74, 6) is 1.88. The fourth-order valence-corrected chi connectivity index (χ4v) is 8.74. The molecule has 5 heteroatoms. The van der Waals surface area contributed by atoms with Crippen molar-refractivity contribution in [2.75, 3.05) is 0 Å². The van der Waals surface area contributed by atoms with Crippen LogP contribution in [0.4, 0.5) is 0 Å². The molecule has 0 aliphatic heterocycles. The SMILES string of the molecule is CC1(C)c2ccccc2-c2cccc(-c3nc(-c4ccccc4)nc(-c4cccc5oc6ccc(-c7ccc(-c8cccc9cccnc89)cc7)cc6c45)n3)c21. The summed E-state index contributed by atoms with van der Waals surface area (Å²) in [6.07, 6.45) is 1.85. The number of nitrogens with zero attached hydrogens (tertiary/aromatic N) is 4. The van der Waals surface area contributed by atoms with Crippen LogP contribution < -0.4 is 0 Å². The van der Waals surface area contributed by atoms with E-state index in [1.165, 1.54) is 22.3 Å². The Hall–Kier alpha value is -7.24. The number of hydrogen-bond donors (Lipinski definition) is 0. The van der Waals surface area contributed by atoms with Gasteiger partial charge in [0, 0.05) is 50.0 Å². The first-order valence-electron chi connectivity index (χ1n) is 19.0. The van der Waals surface area contributed by atoms with Crippen LogP contribution in [-0.4, -0.2) is 19.9 Å². The molecule has 0 unspecified atom stereocenters. The van der Waals surface area contributed by atoms with E-state index in [-0.39, 0.29) is 5.41 Å². The topological polar surface area (TPSA) is 64.7 Å². The minimum Gasteiger partial charge on any atom is -0.456 e. The Bertz CT molecular complexity index is 3160. The van der Waals surface area contributed by atoms with Crippen molar-refractivity contribution in [2.24, 2.45) is 0 Å². The van der Waals surface area contributed by atoms with E-state index in [0.717, 1.165) is 71.8 Å². The van der Waals surface area contributed by atoms with Gasteiger partial charge in [0.05, 0.1) is 5.52 Å². The molecule has 11 rings (SSSR count). The molecule has 1 aliphatic carbocycles. The highest BCUT2D eigenvalue weighted by Crippen LogP contribution is 2.52. The molecule has 10 aromatic rings. The maximum absolute atomic E-state index is 6.50. The second-order valence-corrected chi connectivity index (χ2v) is 15.0. The molecule has 0 saturated heterocycles. The summed E-state index contributed by atoms with van der Waals surface area (Å²) in [6, 6.07) is 57.1. The van der Waals surface area contributed by atoms with Gasteiger partial charge in [0.25, 0.3) is 0 Å². The zero-order valence-electron chi connectivity index (χ0n) is 30.9. The summed E-state index contributed by atoms with van der Waals surface area (Å²) in [6.45, 7) is 4.59. The van der Waals surface area contributed by atoms with Crippen LogP contribution in [0.5, 0.6) is 0 Å². The molecule has 0 fully saturated rings. The first-order valence-corrected chi connectivity index (χ1v) is 19.0. The standard InChI is InChI=1S/C51H34N4O/c1-51(2)42-21-7-6-16-37(42)38-18-9-20-40(46(38)51)50-54-48(34-12-4-3-5-13-34)53-49(55-50)39-19-10-22-44-45(39)41-30-35(27-28-43(41)56-44)31-23-25-32(26-24-31)36-17-8-14-33-15-11-29-52-47(33)36/h3-30H,1-2H3. The van der Waals surface area contributed by atoms with Gasteiger partial charge < -0.3 is 4.42 Å². The first-order chi connectivity index (χ1) is 27.5. The van der Waals surface area contributed by atoms with Crippen LogP contribution in [0.3, 0.4) is 0 Å². The minimum atomic E-state index is -0.233. The van der Waals surface area contributed by atoms with Gasteiger partial charge in [-0.3, -0.25) is 4.98 Å². The van der Waals surface area contributed by atoms with Gasteiger partial charge in [-0.2, -0.15) is 0 Å². The molecule has 3 heterocycles. The molecule has 0 saturated carbocycles. The molecule has 0 N–H and O–H groups in total. The molecule has 1 aliphatic rings. The molecule has 0 atom stereocenters. The first kappa shape index (κ1) is 32.2. The average molecular weight is 719 g/mol. The fourth-order valence-electron chi connectivity index (χ4n) is 8.74. The lowest BCUT2D eigenvalue weighted by atomic mass is 9.80. The second-order valence-electron chi connectivity index (χ2n) is 15.0. The van der Waals surface area contributed by atoms with Crippen molar-refractivity contribution in [3.05, 3.63) is 181 Å². The van der Waals surface area contributed by atoms with Crippen molar-refractivity contribution in [3.63, 3.8) is 0 Å². The van der Waals surface area contributed by atoms with Gasteiger partial charge in [-0.05, 0) is 63.2 Å². The van der Waals surface area contributed by atoms with Gasteiger partial charge in [-0.25, -0.2) is 15.0 Å². The third-order valence-electron chi connectivity index (χ3n) is 11.4. The Morgan fingerprint density at radius 2 is 1.09 bits per heavy atom. The number of rotatable bonds is 5. The predicted molar refractivity (Wildman–Crippen MR) is 227 cm³/mol. The van der Waals surface area contributed by atoms with Gasteiger partial charge in [0.1, 0.15) is 11.2 Å². The summed E-state index contributed by atoms with van der Waals surface area (Å²) >= 11 is 0. The van der Waals surface area contributed by atoms with Crippen LogP contribution in [0.15, 0.2) is 174 Å². The lowest BCUT2D eigenvalue weighted by Crippen LogP contribution is -2.17. The molecule has 5 nitrogen and oxygen atoms in total. The van der Waals surface area contributed by atoms with Crippen molar-refractivity contribution in [3.8, 4) is 67.5 Å². The summed E-state index contributed by atoms with van der Waals surface area (Å²) in [7, 11) is 0. The van der Waals surface area contributed by atoms with E-state index >= 15 is 0 Å². The van der Waals surface area contributed by atoms with Crippen LogP contribution in [-0.2, 0) is 5.41 Å². The summed E-state index contributed by atoms with van der Waals surface area (Å²) < 4.78 is 6.50. The third-order valence-corrected chi connectivity index (χ3v) is 11.4. The second kappa shape index (κ2) is 12.4. The number of benzene rings is 7. The van der Waals surface area contributed by atoms with Crippen LogP contribution in [0.25, 0.3) is 100 Å². The number of furan rings is 1. The molecule has 0 amide bonds. The van der Waals surface area contributed by atoms with Crippen LogP contribution in [0.1, 0.15) is 25.0 Å². The van der Waals surface area contributed by atoms with Gasteiger partial charge in [0.2, 0.25) is 0 Å². The van der Waals surface area contributed by atoms with Crippen molar-refractivity contribution in [2.45, 2.75) is 19.3 Å². The average Bonchev–Trinajstić information content (AvgIpc) is 3.75. The smallest absolute Gasteiger partial charge is 0.164 e. The molecule has 264 valence electrons. The molecular weight excluding hydrogens is 685 g/mol. The molecule has 0 spiro atoms. The zero-order valence-corrected chi connectivity index (χ0v) is 30.9. The highest BCUT2D eigenvalue weighted by Gasteiger charge is 2.38. The fraction of sp³-hybridized carbons (Fsp3) is 0.0588. The lowest BCUT2D eigenvalue weighted by molar-refractivity contribution is 0.661. The van der Waals surface area contributed by atoms with Crippen LogP contribution in [0.2, 0.25) is 0 Å². The normalized spacial score (nSPS) is 13.0. The Morgan fingerprint density at radius 3 is 1.96 bits per heavy atom. The summed E-state index contributed by atoms with van der Waals surface area (Å²) in [5.41, 5.74) is 14.7. The zero-order chi connectivity index (χ0) is 37.4. The Labute approximate surface area is 324 Å². The van der Waals surface area contributed by atoms with E-state index in [1.807, 2.05) is 42.6 Å². The van der Waals surface area contributed by atoms with Crippen LogP contribution >= 0.6 is 0 Å². The largest absolute Gasteiger partial charge is 0.456 e. The maximum Gasteiger partial charge on any atom is 0.164 e. The van der Waals surface area contributed by atoms with E-state index < -0.39 is 0 Å². The van der Waals surface area contributed by atoms with Gasteiger partial charge in [-0.15, -0.1) is 0 Å². The van der Waals surface area contributed by atoms with E-state index in [1.54, 1.807) is 0 Å². The summed E-state index contributed by atoms with van der Waals surface area (Å²) in [4.78, 5) is 20.4. The van der Waals surface area contributed by atoms with E-state index in [4.69, 9.17) is 19.4 Å². The van der Waals surface area contributed by atoms with Crippen molar-refractivity contribution in [1.82, 2.24) is 19.9 Å². The highest BCUT2D eigenvalue weighted by atomic mass is 16.3. The third kappa shape index (κ3) is 5.01. The Balaban J connectivity index is 1.07. The molecule has 0 radical (unpaired) electrons. The Morgan fingerprint density at radius 1 is 0.446 bits per heavy atom. The molecule has 3 aromatic heterocycles. The van der Waals surface area contributed by atoms with E-state index in [2.05, 4.69) is 146 Å². The number of aromatic nitrogens is 4.